The van der Waals surface area contributed by atoms with Crippen LogP contribution in [0.2, 0.25) is 0 Å². The van der Waals surface area contributed by atoms with Crippen LogP contribution in [0.15, 0.2) is 42.6 Å². The number of carbonyl (C=O) groups excluding carboxylic acids is 1. The molecule has 2 heterocycles. The summed E-state index contributed by atoms with van der Waals surface area (Å²) in [6.07, 6.45) is -0.108. The number of hydrogen-bond donors (Lipinski definition) is 1. The van der Waals surface area contributed by atoms with E-state index in [-0.39, 0.29) is 23.9 Å². The number of alkyl halides is 2. The smallest absolute Gasteiger partial charge is 0.272 e. The first-order valence-corrected chi connectivity index (χ1v) is 9.56. The van der Waals surface area contributed by atoms with Crippen LogP contribution in [-0.4, -0.2) is 43.1 Å². The minimum Gasteiger partial charge on any atom is -0.489 e. The molecule has 1 fully saturated rings. The van der Waals surface area contributed by atoms with Crippen LogP contribution in [0.1, 0.15) is 31.9 Å². The number of benzene rings is 1. The maximum Gasteiger partial charge on any atom is 0.272 e. The average molecular weight is 405 g/mol. The molecule has 1 aromatic carbocycles. The molecule has 0 spiro atoms. The Morgan fingerprint density at radius 2 is 2.07 bits per heavy atom. The van der Waals surface area contributed by atoms with Gasteiger partial charge in [-0.3, -0.25) is 4.79 Å². The molecule has 1 aromatic heterocycles. The number of pyridine rings is 1. The number of nitrogens with zero attached hydrogens (tertiary/aromatic N) is 2. The summed E-state index contributed by atoms with van der Waals surface area (Å²) >= 11 is 0. The molecular formula is C21H25F2N3O3. The topological polar surface area (TPSA) is 63.7 Å². The number of halogens is 2. The molecule has 156 valence electrons. The Labute approximate surface area is 168 Å². The second-order valence-corrected chi connectivity index (χ2v) is 7.02. The van der Waals surface area contributed by atoms with Gasteiger partial charge < -0.3 is 19.7 Å². The molecule has 1 N–H and O–H groups in total. The molecule has 0 saturated carbocycles. The summed E-state index contributed by atoms with van der Waals surface area (Å²) in [4.78, 5) is 17.3. The number of rotatable bonds is 8. The van der Waals surface area contributed by atoms with Gasteiger partial charge in [0.05, 0.1) is 12.6 Å². The SMILES string of the molecule is CC(=O)N[C@@H](C)c1ccc(O[C@@H]2CCN(c3ccnc(OCC(F)F)c3)C2)cc1. The van der Waals surface area contributed by atoms with Gasteiger partial charge in [-0.15, -0.1) is 0 Å². The molecule has 1 aliphatic rings. The third-order valence-electron chi connectivity index (χ3n) is 4.69. The van der Waals surface area contributed by atoms with Crippen LogP contribution in [0.3, 0.4) is 0 Å². The summed E-state index contributed by atoms with van der Waals surface area (Å²) in [5.74, 6) is 0.894. The lowest BCUT2D eigenvalue weighted by molar-refractivity contribution is -0.119. The summed E-state index contributed by atoms with van der Waals surface area (Å²) in [5.41, 5.74) is 1.88. The largest absolute Gasteiger partial charge is 0.489 e. The quantitative estimate of drug-likeness (QED) is 0.727. The molecule has 3 rings (SSSR count). The summed E-state index contributed by atoms with van der Waals surface area (Å²) in [5, 5.41) is 2.85. The average Bonchev–Trinajstić information content (AvgIpc) is 3.15. The molecule has 0 radical (unpaired) electrons. The first-order chi connectivity index (χ1) is 13.9. The fourth-order valence-corrected chi connectivity index (χ4v) is 3.30. The van der Waals surface area contributed by atoms with Crippen molar-refractivity contribution in [3.05, 3.63) is 48.2 Å². The van der Waals surface area contributed by atoms with E-state index in [1.54, 1.807) is 12.3 Å². The predicted molar refractivity (Wildman–Crippen MR) is 106 cm³/mol. The van der Waals surface area contributed by atoms with E-state index in [0.717, 1.165) is 30.0 Å². The van der Waals surface area contributed by atoms with Gasteiger partial charge in [-0.05, 0) is 30.7 Å². The van der Waals surface area contributed by atoms with E-state index in [1.807, 2.05) is 37.3 Å². The van der Waals surface area contributed by atoms with E-state index in [0.29, 0.717) is 6.54 Å². The minimum absolute atomic E-state index is 0.0206. The molecule has 0 bridgehead atoms. The number of amides is 1. The van der Waals surface area contributed by atoms with Crippen LogP contribution in [-0.2, 0) is 4.79 Å². The second-order valence-electron chi connectivity index (χ2n) is 7.02. The molecule has 1 saturated heterocycles. The van der Waals surface area contributed by atoms with E-state index in [9.17, 15) is 13.6 Å². The fraction of sp³-hybridized carbons (Fsp3) is 0.429. The van der Waals surface area contributed by atoms with Crippen LogP contribution >= 0.6 is 0 Å². The molecule has 0 unspecified atom stereocenters. The lowest BCUT2D eigenvalue weighted by atomic mass is 10.1. The van der Waals surface area contributed by atoms with Gasteiger partial charge in [-0.2, -0.15) is 0 Å². The maximum atomic E-state index is 12.3. The van der Waals surface area contributed by atoms with Gasteiger partial charge in [0.25, 0.3) is 6.43 Å². The summed E-state index contributed by atoms with van der Waals surface area (Å²) in [7, 11) is 0. The Morgan fingerprint density at radius 1 is 1.31 bits per heavy atom. The van der Waals surface area contributed by atoms with Crippen molar-refractivity contribution in [3.63, 3.8) is 0 Å². The van der Waals surface area contributed by atoms with Crippen molar-refractivity contribution in [2.75, 3.05) is 24.6 Å². The molecule has 0 aliphatic carbocycles. The monoisotopic (exact) mass is 405 g/mol. The Morgan fingerprint density at radius 3 is 2.76 bits per heavy atom. The molecule has 6 nitrogen and oxygen atoms in total. The van der Waals surface area contributed by atoms with Crippen molar-refractivity contribution < 1.29 is 23.0 Å². The Hall–Kier alpha value is -2.90. The van der Waals surface area contributed by atoms with Crippen LogP contribution in [0.25, 0.3) is 0 Å². The normalized spacial score (nSPS) is 17.3. The van der Waals surface area contributed by atoms with Gasteiger partial charge in [-0.25, -0.2) is 13.8 Å². The molecule has 2 aromatic rings. The Kier molecular flexibility index (Phi) is 6.85. The van der Waals surface area contributed by atoms with Crippen LogP contribution < -0.4 is 19.7 Å². The molecule has 2 atom stereocenters. The first-order valence-electron chi connectivity index (χ1n) is 9.56. The number of aromatic nitrogens is 1. The first kappa shape index (κ1) is 20.8. The lowest BCUT2D eigenvalue weighted by Gasteiger charge is -2.20. The van der Waals surface area contributed by atoms with Gasteiger partial charge in [0.2, 0.25) is 11.8 Å². The van der Waals surface area contributed by atoms with E-state index in [4.69, 9.17) is 9.47 Å². The van der Waals surface area contributed by atoms with E-state index >= 15 is 0 Å². The van der Waals surface area contributed by atoms with Gasteiger partial charge in [-0.1, -0.05) is 12.1 Å². The van der Waals surface area contributed by atoms with Crippen molar-refractivity contribution in [2.24, 2.45) is 0 Å². The zero-order valence-corrected chi connectivity index (χ0v) is 16.5. The maximum absolute atomic E-state index is 12.3. The summed E-state index contributed by atoms with van der Waals surface area (Å²) in [6.45, 7) is 4.23. The van der Waals surface area contributed by atoms with Crippen molar-refractivity contribution in [1.82, 2.24) is 10.3 Å². The van der Waals surface area contributed by atoms with E-state index in [2.05, 4.69) is 15.2 Å². The van der Waals surface area contributed by atoms with Crippen molar-refractivity contribution in [2.45, 2.75) is 38.8 Å². The van der Waals surface area contributed by atoms with Crippen molar-refractivity contribution >= 4 is 11.6 Å². The van der Waals surface area contributed by atoms with Gasteiger partial charge in [0.15, 0.2) is 6.61 Å². The second kappa shape index (κ2) is 9.54. The summed E-state index contributed by atoms with van der Waals surface area (Å²) in [6, 6.07) is 11.1. The number of anilines is 1. The van der Waals surface area contributed by atoms with Crippen LogP contribution in [0.4, 0.5) is 14.5 Å². The van der Waals surface area contributed by atoms with Crippen LogP contribution in [0, 0.1) is 0 Å². The van der Waals surface area contributed by atoms with Gasteiger partial charge in [0.1, 0.15) is 11.9 Å². The predicted octanol–water partition coefficient (Wildman–Crippen LogP) is 3.58. The van der Waals surface area contributed by atoms with E-state index < -0.39 is 13.0 Å². The molecular weight excluding hydrogens is 380 g/mol. The Balaban J connectivity index is 1.55. The van der Waals surface area contributed by atoms with Crippen LogP contribution in [0.5, 0.6) is 11.6 Å². The van der Waals surface area contributed by atoms with Gasteiger partial charge in [0, 0.05) is 37.8 Å². The zero-order valence-electron chi connectivity index (χ0n) is 16.5. The standard InChI is InChI=1S/C21H25F2N3O3/c1-14(25-15(2)27)16-3-5-18(6-4-16)29-19-8-10-26(12-19)17-7-9-24-21(11-17)28-13-20(22)23/h3-7,9,11,14,19-20H,8,10,12-13H2,1-2H3,(H,25,27)/t14-,19+/m0/s1. The molecule has 8 heteroatoms. The Bertz CT molecular complexity index is 817. The third kappa shape index (κ3) is 6.04. The number of hydrogen-bond acceptors (Lipinski definition) is 5. The van der Waals surface area contributed by atoms with Crippen molar-refractivity contribution in [3.8, 4) is 11.6 Å². The van der Waals surface area contributed by atoms with Gasteiger partial charge >= 0.3 is 0 Å². The highest BCUT2D eigenvalue weighted by Gasteiger charge is 2.25. The fourth-order valence-electron chi connectivity index (χ4n) is 3.30. The summed E-state index contributed by atoms with van der Waals surface area (Å²) < 4.78 is 35.7. The minimum atomic E-state index is -2.53. The van der Waals surface area contributed by atoms with E-state index in [1.165, 1.54) is 6.92 Å². The number of carbonyl (C=O) groups is 1. The highest BCUT2D eigenvalue weighted by atomic mass is 19.3. The number of nitrogens with one attached hydrogen (secondary N) is 1. The van der Waals surface area contributed by atoms with Crippen molar-refractivity contribution in [1.29, 1.82) is 0 Å². The highest BCUT2D eigenvalue weighted by molar-refractivity contribution is 5.73. The third-order valence-corrected chi connectivity index (χ3v) is 4.69. The highest BCUT2D eigenvalue weighted by Crippen LogP contribution is 2.26. The zero-order chi connectivity index (χ0) is 20.8. The molecule has 29 heavy (non-hydrogen) atoms. The molecule has 1 aliphatic heterocycles. The lowest BCUT2D eigenvalue weighted by Crippen LogP contribution is -2.25. The number of ether oxygens (including phenoxy) is 2. The molecule has 1 amide bonds.